The molecule has 2 N–H and O–H groups in total. The average Bonchev–Trinajstić information content (AvgIpc) is 2.70. The molecular weight excluding hydrogens is 448 g/mol. The lowest BCUT2D eigenvalue weighted by Crippen LogP contribution is -2.15. The summed E-state index contributed by atoms with van der Waals surface area (Å²) in [6.07, 6.45) is 0. The Morgan fingerprint density at radius 1 is 0.438 bits per heavy atom. The van der Waals surface area contributed by atoms with Crippen molar-refractivity contribution in [1.82, 2.24) is 0 Å². The summed E-state index contributed by atoms with van der Waals surface area (Å²) in [7, 11) is 0. The number of hydrazine groups is 1. The molecule has 0 aliphatic rings. The molecule has 20 nitrogen and oxygen atoms in total. The van der Waals surface area contributed by atoms with Crippen molar-refractivity contribution < 1.29 is 29.5 Å². The number of benzene rings is 2. The zero-order valence-electron chi connectivity index (χ0n) is 14.9. The highest BCUT2D eigenvalue weighted by Crippen LogP contribution is 2.41. The van der Waals surface area contributed by atoms with Crippen molar-refractivity contribution in [3.63, 3.8) is 0 Å². The van der Waals surface area contributed by atoms with Gasteiger partial charge in [-0.1, -0.05) is 0 Å². The lowest BCUT2D eigenvalue weighted by molar-refractivity contribution is -0.402. The summed E-state index contributed by atoms with van der Waals surface area (Å²) in [4.78, 5) is 59.5. The van der Waals surface area contributed by atoms with Crippen molar-refractivity contribution in [3.05, 3.63) is 85.0 Å². The van der Waals surface area contributed by atoms with Crippen molar-refractivity contribution in [2.24, 2.45) is 0 Å². The summed E-state index contributed by atoms with van der Waals surface area (Å²) in [5.41, 5.74) is -5.33. The molecule has 20 heteroatoms. The van der Waals surface area contributed by atoms with Gasteiger partial charge >= 0.3 is 22.7 Å². The minimum atomic E-state index is -1.25. The lowest BCUT2D eigenvalue weighted by Gasteiger charge is -2.11. The van der Waals surface area contributed by atoms with Gasteiger partial charge in [0.1, 0.15) is 0 Å². The molecule has 0 aliphatic carbocycles. The predicted molar refractivity (Wildman–Crippen MR) is 100 cm³/mol. The smallest absolute Gasteiger partial charge is 0.288 e. The highest BCUT2D eigenvalue weighted by Gasteiger charge is 2.34. The number of nitro groups is 6. The molecule has 2 rings (SSSR count). The zero-order valence-corrected chi connectivity index (χ0v) is 14.9. The third-order valence-corrected chi connectivity index (χ3v) is 3.68. The Balaban J connectivity index is 2.71. The maximum absolute atomic E-state index is 11.3. The van der Waals surface area contributed by atoms with Gasteiger partial charge in [0.15, 0.2) is 0 Å². The molecule has 0 spiro atoms. The van der Waals surface area contributed by atoms with E-state index in [9.17, 15) is 60.7 Å². The molecule has 2 aromatic rings. The minimum absolute atomic E-state index is 0.343. The van der Waals surface area contributed by atoms with Gasteiger partial charge in [-0.25, -0.2) is 0 Å². The predicted octanol–water partition coefficient (Wildman–Crippen LogP) is 2.57. The Kier molecular flexibility index (Phi) is 5.99. The van der Waals surface area contributed by atoms with E-state index in [1.807, 2.05) is 10.9 Å². The van der Waals surface area contributed by atoms with Crippen LogP contribution in [-0.4, -0.2) is 29.5 Å². The van der Waals surface area contributed by atoms with Gasteiger partial charge in [0.2, 0.25) is 11.4 Å². The maximum atomic E-state index is 11.3. The van der Waals surface area contributed by atoms with Crippen LogP contribution in [0, 0.1) is 60.7 Å². The van der Waals surface area contributed by atoms with E-state index in [4.69, 9.17) is 0 Å². The van der Waals surface area contributed by atoms with Gasteiger partial charge in [0, 0.05) is 0 Å². The fourth-order valence-corrected chi connectivity index (χ4v) is 2.36. The Labute approximate surface area is 171 Å². The van der Waals surface area contributed by atoms with E-state index in [0.29, 0.717) is 24.3 Å². The summed E-state index contributed by atoms with van der Waals surface area (Å²) in [6.45, 7) is 0. The van der Waals surface area contributed by atoms with Crippen LogP contribution in [0.3, 0.4) is 0 Å². The van der Waals surface area contributed by atoms with E-state index in [0.717, 1.165) is 0 Å². The molecule has 32 heavy (non-hydrogen) atoms. The molecule has 0 saturated carbocycles. The second-order valence-corrected chi connectivity index (χ2v) is 5.51. The van der Waals surface area contributed by atoms with E-state index >= 15 is 0 Å². The van der Waals surface area contributed by atoms with Crippen LogP contribution in [-0.2, 0) is 0 Å². The van der Waals surface area contributed by atoms with Crippen molar-refractivity contribution in [3.8, 4) is 0 Å². The first kappa shape index (κ1) is 22.7. The molecule has 2 aromatic carbocycles. The van der Waals surface area contributed by atoms with Gasteiger partial charge in [-0.3, -0.25) is 71.5 Å². The normalized spacial score (nSPS) is 10.1. The van der Waals surface area contributed by atoms with E-state index in [2.05, 4.69) is 0 Å². The molecule has 166 valence electrons. The number of hydrogen-bond acceptors (Lipinski definition) is 14. The Bertz CT molecular complexity index is 1050. The van der Waals surface area contributed by atoms with Crippen LogP contribution in [0.15, 0.2) is 24.3 Å². The maximum Gasteiger partial charge on any atom is 0.308 e. The molecule has 0 fully saturated rings. The van der Waals surface area contributed by atoms with Crippen LogP contribution in [0.1, 0.15) is 0 Å². The number of non-ortho nitro benzene ring substituents is 2. The van der Waals surface area contributed by atoms with Gasteiger partial charge in [-0.2, -0.15) is 0 Å². The Hall–Kier alpha value is -5.56. The number of nitrogens with zero attached hydrogens (tertiary/aromatic N) is 6. The van der Waals surface area contributed by atoms with Crippen LogP contribution in [0.2, 0.25) is 0 Å². The molecule has 0 bridgehead atoms. The molecule has 0 atom stereocenters. The van der Waals surface area contributed by atoms with Crippen LogP contribution >= 0.6 is 0 Å². The number of nitro benzene ring substituents is 6. The number of anilines is 2. The van der Waals surface area contributed by atoms with Crippen molar-refractivity contribution in [2.75, 3.05) is 10.9 Å². The number of nitrogens with one attached hydrogen (secondary N) is 2. The first-order valence-corrected chi connectivity index (χ1v) is 7.59. The van der Waals surface area contributed by atoms with Crippen LogP contribution in [0.4, 0.5) is 45.5 Å². The fraction of sp³-hybridized carbons (Fsp3) is 0. The molecule has 0 amide bonds. The third kappa shape index (κ3) is 4.37. The fourth-order valence-electron chi connectivity index (χ4n) is 2.36. The molecule has 0 heterocycles. The highest BCUT2D eigenvalue weighted by atomic mass is 16.6. The van der Waals surface area contributed by atoms with Crippen LogP contribution in [0.25, 0.3) is 0 Å². The molecule has 0 radical (unpaired) electrons. The molecule has 0 aliphatic heterocycles. The first-order chi connectivity index (χ1) is 14.8. The second kappa shape index (κ2) is 8.44. The molecule has 0 aromatic heterocycles. The Morgan fingerprint density at radius 2 is 0.656 bits per heavy atom. The lowest BCUT2D eigenvalue weighted by atomic mass is 10.2. The zero-order chi connectivity index (χ0) is 24.3. The molecular formula is C12H6N8O12. The quantitative estimate of drug-likeness (QED) is 0.406. The van der Waals surface area contributed by atoms with Gasteiger partial charge in [0.25, 0.3) is 11.4 Å². The van der Waals surface area contributed by atoms with Crippen molar-refractivity contribution in [1.29, 1.82) is 0 Å². The van der Waals surface area contributed by atoms with E-state index in [1.54, 1.807) is 0 Å². The van der Waals surface area contributed by atoms with Crippen molar-refractivity contribution >= 4 is 45.5 Å². The summed E-state index contributed by atoms with van der Waals surface area (Å²) in [5, 5.41) is 66.8. The first-order valence-electron chi connectivity index (χ1n) is 7.59. The van der Waals surface area contributed by atoms with E-state index < -0.39 is 75.0 Å². The van der Waals surface area contributed by atoms with Crippen LogP contribution in [0.5, 0.6) is 0 Å². The summed E-state index contributed by atoms with van der Waals surface area (Å²) in [6, 6.07) is 1.37. The largest absolute Gasteiger partial charge is 0.308 e. The third-order valence-electron chi connectivity index (χ3n) is 3.68. The molecule has 0 unspecified atom stereocenters. The number of hydrogen-bond donors (Lipinski definition) is 2. The van der Waals surface area contributed by atoms with Gasteiger partial charge in [-0.05, 0) is 0 Å². The van der Waals surface area contributed by atoms with E-state index in [1.165, 1.54) is 0 Å². The monoisotopic (exact) mass is 454 g/mol. The van der Waals surface area contributed by atoms with Gasteiger partial charge in [-0.15, -0.1) is 0 Å². The van der Waals surface area contributed by atoms with Gasteiger partial charge in [0.05, 0.1) is 53.8 Å². The van der Waals surface area contributed by atoms with E-state index in [-0.39, 0.29) is 0 Å². The Morgan fingerprint density at radius 3 is 0.812 bits per heavy atom. The second-order valence-electron chi connectivity index (χ2n) is 5.51. The molecule has 0 saturated heterocycles. The SMILES string of the molecule is O=[N+]([O-])c1cc([N+](=O)[O-])c(NNc2c([N+](=O)[O-])cc([N+](=O)[O-])cc2[N+](=O)[O-])c([N+](=O)[O-])c1. The summed E-state index contributed by atoms with van der Waals surface area (Å²) >= 11 is 0. The minimum Gasteiger partial charge on any atom is -0.288 e. The number of rotatable bonds is 9. The van der Waals surface area contributed by atoms with Gasteiger partial charge < -0.3 is 0 Å². The highest BCUT2D eigenvalue weighted by molar-refractivity contribution is 5.82. The van der Waals surface area contributed by atoms with Crippen LogP contribution < -0.4 is 10.9 Å². The summed E-state index contributed by atoms with van der Waals surface area (Å²) in [5.74, 6) is 0. The topological polar surface area (TPSA) is 283 Å². The summed E-state index contributed by atoms with van der Waals surface area (Å²) < 4.78 is 0. The standard InChI is InChI=1S/C12H6N8O12/c21-15(22)5-1-7(17(25)26)11(8(2-5)18(27)28)13-14-12-9(19(29)30)3-6(16(23)24)4-10(12)20(31)32/h1-4,13-14H. The average molecular weight is 454 g/mol. The van der Waals surface area contributed by atoms with Crippen molar-refractivity contribution in [2.45, 2.75) is 0 Å².